The molecule has 0 aliphatic heterocycles. The first-order valence-electron chi connectivity index (χ1n) is 6.17. The Morgan fingerprint density at radius 3 is 2.42 bits per heavy atom. The van der Waals surface area contributed by atoms with Gasteiger partial charge in [-0.05, 0) is 30.2 Å². The van der Waals surface area contributed by atoms with Crippen LogP contribution in [0.25, 0.3) is 0 Å². The summed E-state index contributed by atoms with van der Waals surface area (Å²) in [4.78, 5) is 1.19. The molecule has 3 N–H and O–H groups in total. The van der Waals surface area contributed by atoms with E-state index in [0.29, 0.717) is 12.0 Å². The topological polar surface area (TPSA) is 38.0 Å². The van der Waals surface area contributed by atoms with Crippen LogP contribution in [0, 0.1) is 5.82 Å². The summed E-state index contributed by atoms with van der Waals surface area (Å²) in [5.74, 6) is 6.18. The van der Waals surface area contributed by atoms with E-state index in [1.165, 1.54) is 11.0 Å². The quantitative estimate of drug-likeness (QED) is 0.484. The number of hydrogen-bond acceptors (Lipinski definition) is 3. The molecule has 2 rings (SSSR count). The molecule has 0 bridgehead atoms. The van der Waals surface area contributed by atoms with Crippen molar-refractivity contribution in [2.45, 2.75) is 17.4 Å². The third-order valence-corrected chi connectivity index (χ3v) is 4.03. The molecular formula is C15H17FN2S. The minimum absolute atomic E-state index is 0.0436. The smallest absolute Gasteiger partial charge is 0.126 e. The number of nitrogens with one attached hydrogen (secondary N) is 1. The summed E-state index contributed by atoms with van der Waals surface area (Å²) in [7, 11) is 0. The lowest BCUT2D eigenvalue weighted by Crippen LogP contribution is -2.38. The Balaban J connectivity index is 1.92. The van der Waals surface area contributed by atoms with Crippen LogP contribution in [-0.4, -0.2) is 11.8 Å². The minimum Gasteiger partial charge on any atom is -0.271 e. The fourth-order valence-electron chi connectivity index (χ4n) is 1.81. The van der Waals surface area contributed by atoms with Crippen molar-refractivity contribution in [2.75, 3.05) is 5.75 Å². The Kier molecular flexibility index (Phi) is 5.39. The maximum Gasteiger partial charge on any atom is 0.126 e. The predicted molar refractivity (Wildman–Crippen MR) is 78.4 cm³/mol. The number of thioether (sulfide) groups is 1. The van der Waals surface area contributed by atoms with Crippen LogP contribution in [-0.2, 0) is 6.42 Å². The Morgan fingerprint density at radius 1 is 1.05 bits per heavy atom. The summed E-state index contributed by atoms with van der Waals surface area (Å²) in [6.45, 7) is 0. The van der Waals surface area contributed by atoms with Crippen molar-refractivity contribution in [3.8, 4) is 0 Å². The zero-order valence-corrected chi connectivity index (χ0v) is 11.4. The normalized spacial score (nSPS) is 12.3. The van der Waals surface area contributed by atoms with E-state index in [-0.39, 0.29) is 11.9 Å². The molecule has 0 amide bonds. The molecule has 100 valence electrons. The molecule has 0 saturated carbocycles. The molecule has 0 saturated heterocycles. The number of rotatable bonds is 6. The van der Waals surface area contributed by atoms with E-state index >= 15 is 0 Å². The summed E-state index contributed by atoms with van der Waals surface area (Å²) in [5.41, 5.74) is 3.45. The highest BCUT2D eigenvalue weighted by molar-refractivity contribution is 7.99. The molecule has 2 aromatic rings. The average Bonchev–Trinajstić information content (AvgIpc) is 2.46. The van der Waals surface area contributed by atoms with Crippen molar-refractivity contribution >= 4 is 11.8 Å². The van der Waals surface area contributed by atoms with Crippen LogP contribution in [0.5, 0.6) is 0 Å². The third kappa shape index (κ3) is 4.35. The summed E-state index contributed by atoms with van der Waals surface area (Å²) < 4.78 is 13.6. The highest BCUT2D eigenvalue weighted by Crippen LogP contribution is 2.19. The first-order valence-corrected chi connectivity index (χ1v) is 7.15. The Hall–Kier alpha value is -1.36. The van der Waals surface area contributed by atoms with Gasteiger partial charge in [-0.3, -0.25) is 11.3 Å². The third-order valence-electron chi connectivity index (χ3n) is 2.85. The molecule has 19 heavy (non-hydrogen) atoms. The zero-order chi connectivity index (χ0) is 13.5. The molecule has 2 aromatic carbocycles. The molecule has 0 heterocycles. The van der Waals surface area contributed by atoms with Crippen molar-refractivity contribution < 1.29 is 4.39 Å². The van der Waals surface area contributed by atoms with Gasteiger partial charge < -0.3 is 0 Å². The van der Waals surface area contributed by atoms with Crippen molar-refractivity contribution in [1.29, 1.82) is 0 Å². The van der Waals surface area contributed by atoms with Crippen LogP contribution < -0.4 is 11.3 Å². The van der Waals surface area contributed by atoms with E-state index in [1.807, 2.05) is 24.3 Å². The maximum absolute atomic E-state index is 13.6. The number of nitrogens with two attached hydrogens (primary N) is 1. The van der Waals surface area contributed by atoms with E-state index in [0.717, 1.165) is 5.75 Å². The van der Waals surface area contributed by atoms with Gasteiger partial charge in [-0.1, -0.05) is 36.4 Å². The molecular weight excluding hydrogens is 259 g/mol. The van der Waals surface area contributed by atoms with Crippen LogP contribution in [0.2, 0.25) is 0 Å². The second-order valence-corrected chi connectivity index (χ2v) is 5.38. The van der Waals surface area contributed by atoms with E-state index in [2.05, 4.69) is 17.6 Å². The number of hydrogen-bond donors (Lipinski definition) is 2. The number of hydrazine groups is 1. The minimum atomic E-state index is -0.174. The molecule has 0 fully saturated rings. The standard InChI is InChI=1S/C15H17FN2S/c16-15-9-5-4-6-12(15)10-13(18-17)11-19-14-7-2-1-3-8-14/h1-9,13,18H,10-11,17H2. The zero-order valence-electron chi connectivity index (χ0n) is 10.6. The molecule has 1 unspecified atom stereocenters. The van der Waals surface area contributed by atoms with Gasteiger partial charge in [-0.15, -0.1) is 11.8 Å². The van der Waals surface area contributed by atoms with Gasteiger partial charge in [-0.25, -0.2) is 4.39 Å². The van der Waals surface area contributed by atoms with Crippen molar-refractivity contribution in [3.05, 3.63) is 66.0 Å². The Labute approximate surface area is 117 Å². The largest absolute Gasteiger partial charge is 0.271 e. The van der Waals surface area contributed by atoms with Crippen molar-refractivity contribution in [1.82, 2.24) is 5.43 Å². The van der Waals surface area contributed by atoms with Gasteiger partial charge in [0.1, 0.15) is 5.82 Å². The molecule has 1 atom stereocenters. The van der Waals surface area contributed by atoms with Gasteiger partial charge in [0.05, 0.1) is 0 Å². The average molecular weight is 276 g/mol. The molecule has 0 aliphatic rings. The molecule has 2 nitrogen and oxygen atoms in total. The fraction of sp³-hybridized carbons (Fsp3) is 0.200. The summed E-state index contributed by atoms with van der Waals surface area (Å²) in [6.07, 6.45) is 0.586. The highest BCUT2D eigenvalue weighted by atomic mass is 32.2. The van der Waals surface area contributed by atoms with Crippen LogP contribution in [0.15, 0.2) is 59.5 Å². The molecule has 4 heteroatoms. The van der Waals surface area contributed by atoms with Crippen LogP contribution in [0.1, 0.15) is 5.56 Å². The van der Waals surface area contributed by atoms with Crippen molar-refractivity contribution in [2.24, 2.45) is 5.84 Å². The monoisotopic (exact) mass is 276 g/mol. The summed E-state index contributed by atoms with van der Waals surface area (Å²) >= 11 is 1.71. The highest BCUT2D eigenvalue weighted by Gasteiger charge is 2.11. The first kappa shape index (κ1) is 14.1. The van der Waals surface area contributed by atoms with Gasteiger partial charge in [0.25, 0.3) is 0 Å². The SMILES string of the molecule is NNC(CSc1ccccc1)Cc1ccccc1F. The lowest BCUT2D eigenvalue weighted by molar-refractivity contribution is 0.546. The van der Waals surface area contributed by atoms with E-state index in [1.54, 1.807) is 23.9 Å². The van der Waals surface area contributed by atoms with Gasteiger partial charge in [0.15, 0.2) is 0 Å². The van der Waals surface area contributed by atoms with Crippen LogP contribution in [0.4, 0.5) is 4.39 Å². The molecule has 0 radical (unpaired) electrons. The second kappa shape index (κ2) is 7.28. The summed E-state index contributed by atoms with van der Waals surface area (Å²) in [5, 5.41) is 0. The molecule has 0 aliphatic carbocycles. The second-order valence-electron chi connectivity index (χ2n) is 4.28. The Bertz CT molecular complexity index is 505. The van der Waals surface area contributed by atoms with E-state index in [4.69, 9.17) is 5.84 Å². The lowest BCUT2D eigenvalue weighted by Gasteiger charge is -2.16. The molecule has 0 aromatic heterocycles. The van der Waals surface area contributed by atoms with E-state index < -0.39 is 0 Å². The summed E-state index contributed by atoms with van der Waals surface area (Å²) in [6, 6.07) is 17.0. The maximum atomic E-state index is 13.6. The first-order chi connectivity index (χ1) is 9.29. The molecule has 0 spiro atoms. The van der Waals surface area contributed by atoms with Crippen LogP contribution >= 0.6 is 11.8 Å². The lowest BCUT2D eigenvalue weighted by atomic mass is 10.1. The number of benzene rings is 2. The fourth-order valence-corrected chi connectivity index (χ4v) is 2.77. The van der Waals surface area contributed by atoms with Gasteiger partial charge in [0, 0.05) is 16.7 Å². The van der Waals surface area contributed by atoms with Gasteiger partial charge >= 0.3 is 0 Å². The Morgan fingerprint density at radius 2 is 1.74 bits per heavy atom. The van der Waals surface area contributed by atoms with Gasteiger partial charge in [-0.2, -0.15) is 0 Å². The van der Waals surface area contributed by atoms with E-state index in [9.17, 15) is 4.39 Å². The number of halogens is 1. The predicted octanol–water partition coefficient (Wildman–Crippen LogP) is 2.99. The van der Waals surface area contributed by atoms with Gasteiger partial charge in [0.2, 0.25) is 0 Å². The van der Waals surface area contributed by atoms with Crippen molar-refractivity contribution in [3.63, 3.8) is 0 Å². The van der Waals surface area contributed by atoms with Crippen LogP contribution in [0.3, 0.4) is 0 Å².